The predicted molar refractivity (Wildman–Crippen MR) is 117 cm³/mol. The Morgan fingerprint density at radius 3 is 3.00 bits per heavy atom. The van der Waals surface area contributed by atoms with Crippen molar-refractivity contribution in [2.45, 2.75) is 44.1 Å². The number of amides is 1. The van der Waals surface area contributed by atoms with Crippen LogP contribution in [0.15, 0.2) is 41.7 Å². The highest BCUT2D eigenvalue weighted by Crippen LogP contribution is 2.40. The number of carbonyl (C=O) groups is 1. The quantitative estimate of drug-likeness (QED) is 0.454. The molecule has 2 aromatic heterocycles. The lowest BCUT2D eigenvalue weighted by atomic mass is 9.89. The standard InChI is InChI=1S/C22H25N3OS2/c1-15-7-8-17-18(13-15)28-22-20(17)21(24-14-25-22)27-12-10-19(26)23-11-9-16-5-3-2-4-6-16/h2-6,14-15H,7-13H2,1H3,(H,23,26). The number of carbonyl (C=O) groups excluding carboxylic acids is 1. The normalized spacial score (nSPS) is 16.1. The lowest BCUT2D eigenvalue weighted by Gasteiger charge is -2.18. The van der Waals surface area contributed by atoms with E-state index in [1.807, 2.05) is 29.5 Å². The van der Waals surface area contributed by atoms with E-state index in [-0.39, 0.29) is 5.91 Å². The van der Waals surface area contributed by atoms with Gasteiger partial charge in [0.05, 0.1) is 0 Å². The van der Waals surface area contributed by atoms with Gasteiger partial charge >= 0.3 is 0 Å². The SMILES string of the molecule is CC1CCc2c(sc3ncnc(SCCC(=O)NCCc4ccccc4)c23)C1. The summed E-state index contributed by atoms with van der Waals surface area (Å²) in [5.74, 6) is 1.60. The molecule has 0 bridgehead atoms. The highest BCUT2D eigenvalue weighted by atomic mass is 32.2. The Hall–Kier alpha value is -1.92. The van der Waals surface area contributed by atoms with E-state index in [9.17, 15) is 4.79 Å². The smallest absolute Gasteiger partial charge is 0.220 e. The minimum Gasteiger partial charge on any atom is -0.356 e. The molecular weight excluding hydrogens is 386 g/mol. The topological polar surface area (TPSA) is 54.9 Å². The second-order valence-electron chi connectivity index (χ2n) is 7.39. The van der Waals surface area contributed by atoms with Crippen LogP contribution in [-0.2, 0) is 24.1 Å². The summed E-state index contributed by atoms with van der Waals surface area (Å²) in [6.07, 6.45) is 6.55. The van der Waals surface area contributed by atoms with Crippen LogP contribution in [0.25, 0.3) is 10.2 Å². The van der Waals surface area contributed by atoms with Crippen LogP contribution in [0, 0.1) is 5.92 Å². The number of aromatic nitrogens is 2. The van der Waals surface area contributed by atoms with Crippen LogP contribution in [-0.4, -0.2) is 28.2 Å². The van der Waals surface area contributed by atoms with Crippen molar-refractivity contribution < 1.29 is 4.79 Å². The molecule has 28 heavy (non-hydrogen) atoms. The third-order valence-electron chi connectivity index (χ3n) is 5.20. The number of rotatable bonds is 7. The molecule has 0 aliphatic heterocycles. The lowest BCUT2D eigenvalue weighted by Crippen LogP contribution is -2.25. The van der Waals surface area contributed by atoms with Gasteiger partial charge in [0.2, 0.25) is 5.91 Å². The fraction of sp³-hybridized carbons (Fsp3) is 0.409. The summed E-state index contributed by atoms with van der Waals surface area (Å²) in [5, 5.41) is 5.30. The molecule has 1 amide bonds. The Morgan fingerprint density at radius 1 is 1.29 bits per heavy atom. The van der Waals surface area contributed by atoms with Gasteiger partial charge in [-0.2, -0.15) is 0 Å². The first-order valence-electron chi connectivity index (χ1n) is 9.89. The Bertz CT molecular complexity index is 955. The van der Waals surface area contributed by atoms with Crippen molar-refractivity contribution in [2.75, 3.05) is 12.3 Å². The number of thioether (sulfide) groups is 1. The molecule has 6 heteroatoms. The minimum absolute atomic E-state index is 0.106. The van der Waals surface area contributed by atoms with E-state index in [0.717, 1.165) is 40.8 Å². The number of fused-ring (bicyclic) bond motifs is 3. The number of benzene rings is 1. The molecule has 1 N–H and O–H groups in total. The zero-order valence-corrected chi connectivity index (χ0v) is 17.7. The number of nitrogens with one attached hydrogen (secondary N) is 1. The van der Waals surface area contributed by atoms with Crippen LogP contribution in [0.1, 0.15) is 35.8 Å². The summed E-state index contributed by atoms with van der Waals surface area (Å²) < 4.78 is 0. The maximum absolute atomic E-state index is 12.2. The van der Waals surface area contributed by atoms with E-state index in [4.69, 9.17) is 0 Å². The van der Waals surface area contributed by atoms with Gasteiger partial charge in [0, 0.05) is 29.0 Å². The molecule has 0 fully saturated rings. The highest BCUT2D eigenvalue weighted by Gasteiger charge is 2.23. The summed E-state index contributed by atoms with van der Waals surface area (Å²) in [4.78, 5) is 23.8. The maximum atomic E-state index is 12.2. The molecule has 0 saturated carbocycles. The van der Waals surface area contributed by atoms with Gasteiger partial charge < -0.3 is 5.32 Å². The number of hydrogen-bond donors (Lipinski definition) is 1. The van der Waals surface area contributed by atoms with Crippen LogP contribution >= 0.6 is 23.1 Å². The first-order valence-corrected chi connectivity index (χ1v) is 11.7. The lowest BCUT2D eigenvalue weighted by molar-refractivity contribution is -0.120. The van der Waals surface area contributed by atoms with Crippen molar-refractivity contribution in [1.29, 1.82) is 0 Å². The van der Waals surface area contributed by atoms with Gasteiger partial charge in [-0.25, -0.2) is 9.97 Å². The second kappa shape index (κ2) is 9.05. The molecule has 3 aromatic rings. The van der Waals surface area contributed by atoms with Crippen LogP contribution < -0.4 is 5.32 Å². The molecule has 1 aliphatic carbocycles. The number of aryl methyl sites for hydroxylation is 1. The van der Waals surface area contributed by atoms with Gasteiger partial charge in [-0.15, -0.1) is 23.1 Å². The van der Waals surface area contributed by atoms with Crippen LogP contribution in [0.3, 0.4) is 0 Å². The molecule has 4 nitrogen and oxygen atoms in total. The summed E-state index contributed by atoms with van der Waals surface area (Å²) in [5.41, 5.74) is 2.70. The Labute approximate surface area is 174 Å². The Balaban J connectivity index is 1.31. The van der Waals surface area contributed by atoms with Gasteiger partial charge in [0.15, 0.2) is 0 Å². The summed E-state index contributed by atoms with van der Waals surface area (Å²) >= 11 is 3.50. The average molecular weight is 412 g/mol. The second-order valence-corrected chi connectivity index (χ2v) is 9.56. The number of hydrogen-bond acceptors (Lipinski definition) is 5. The van der Waals surface area contributed by atoms with Crippen LogP contribution in [0.4, 0.5) is 0 Å². The fourth-order valence-electron chi connectivity index (χ4n) is 3.68. The molecule has 1 aromatic carbocycles. The monoisotopic (exact) mass is 411 g/mol. The van der Waals surface area contributed by atoms with Crippen molar-refractivity contribution in [3.05, 3.63) is 52.7 Å². The largest absolute Gasteiger partial charge is 0.356 e. The third kappa shape index (κ3) is 4.55. The Kier molecular flexibility index (Phi) is 6.27. The van der Waals surface area contributed by atoms with Crippen LogP contribution in [0.5, 0.6) is 0 Å². The maximum Gasteiger partial charge on any atom is 0.220 e. The molecule has 1 unspecified atom stereocenters. The van der Waals surface area contributed by atoms with Crippen LogP contribution in [0.2, 0.25) is 0 Å². The van der Waals surface area contributed by atoms with Crippen molar-refractivity contribution in [3.63, 3.8) is 0 Å². The predicted octanol–water partition coefficient (Wildman–Crippen LogP) is 4.66. The molecular formula is C22H25N3OS2. The van der Waals surface area contributed by atoms with Crippen molar-refractivity contribution in [1.82, 2.24) is 15.3 Å². The zero-order chi connectivity index (χ0) is 19.3. The van der Waals surface area contributed by atoms with E-state index >= 15 is 0 Å². The summed E-state index contributed by atoms with van der Waals surface area (Å²) in [7, 11) is 0. The highest BCUT2D eigenvalue weighted by molar-refractivity contribution is 7.99. The third-order valence-corrected chi connectivity index (χ3v) is 7.36. The molecule has 1 aliphatic rings. The Morgan fingerprint density at radius 2 is 2.14 bits per heavy atom. The number of nitrogens with zero attached hydrogens (tertiary/aromatic N) is 2. The molecule has 0 spiro atoms. The molecule has 1 atom stereocenters. The van der Waals surface area contributed by atoms with E-state index < -0.39 is 0 Å². The zero-order valence-electron chi connectivity index (χ0n) is 16.1. The van der Waals surface area contributed by atoms with Crippen molar-refractivity contribution >= 4 is 39.2 Å². The van der Waals surface area contributed by atoms with E-state index in [0.29, 0.717) is 13.0 Å². The van der Waals surface area contributed by atoms with Gasteiger partial charge in [0.1, 0.15) is 16.2 Å². The van der Waals surface area contributed by atoms with Crippen molar-refractivity contribution in [2.24, 2.45) is 5.92 Å². The molecule has 2 heterocycles. The van der Waals surface area contributed by atoms with Crippen molar-refractivity contribution in [3.8, 4) is 0 Å². The molecule has 0 saturated heterocycles. The first kappa shape index (κ1) is 19.4. The first-order chi connectivity index (χ1) is 13.7. The summed E-state index contributed by atoms with van der Waals surface area (Å²) in [6, 6.07) is 10.2. The van der Waals surface area contributed by atoms with Gasteiger partial charge in [-0.1, -0.05) is 37.3 Å². The average Bonchev–Trinajstić information content (AvgIpc) is 3.07. The molecule has 0 radical (unpaired) electrons. The van der Waals surface area contributed by atoms with E-state index in [2.05, 4.69) is 34.3 Å². The van der Waals surface area contributed by atoms with Gasteiger partial charge in [0.25, 0.3) is 0 Å². The fourth-order valence-corrected chi connectivity index (χ4v) is 6.06. The number of thiophene rings is 1. The molecule has 146 valence electrons. The van der Waals surface area contributed by atoms with Gasteiger partial charge in [-0.05, 0) is 42.7 Å². The molecule has 4 rings (SSSR count). The van der Waals surface area contributed by atoms with Gasteiger partial charge in [-0.3, -0.25) is 4.79 Å². The minimum atomic E-state index is 0.106. The van der Waals surface area contributed by atoms with E-state index in [1.165, 1.54) is 27.8 Å². The van der Waals surface area contributed by atoms with E-state index in [1.54, 1.807) is 18.1 Å². The summed E-state index contributed by atoms with van der Waals surface area (Å²) in [6.45, 7) is 3.01.